The summed E-state index contributed by atoms with van der Waals surface area (Å²) >= 11 is 1.62. The summed E-state index contributed by atoms with van der Waals surface area (Å²) in [4.78, 5) is 27.9. The van der Waals surface area contributed by atoms with E-state index < -0.39 is 0 Å². The van der Waals surface area contributed by atoms with E-state index in [4.69, 9.17) is 0 Å². The van der Waals surface area contributed by atoms with E-state index in [0.717, 1.165) is 4.88 Å². The van der Waals surface area contributed by atoms with Gasteiger partial charge in [0.1, 0.15) is 12.1 Å². The molecular formula is C15H22N2O2S. The Kier molecular flexibility index (Phi) is 4.48. The van der Waals surface area contributed by atoms with Crippen molar-refractivity contribution >= 4 is 23.2 Å². The number of thiophene rings is 1. The molecule has 0 spiro atoms. The van der Waals surface area contributed by atoms with E-state index in [1.165, 1.54) is 0 Å². The van der Waals surface area contributed by atoms with E-state index in [9.17, 15) is 9.59 Å². The van der Waals surface area contributed by atoms with Crippen molar-refractivity contribution in [2.45, 2.75) is 52.2 Å². The Morgan fingerprint density at radius 1 is 1.35 bits per heavy atom. The van der Waals surface area contributed by atoms with Crippen LogP contribution in [0.1, 0.15) is 45.0 Å². The van der Waals surface area contributed by atoms with Gasteiger partial charge in [0, 0.05) is 4.88 Å². The quantitative estimate of drug-likeness (QED) is 0.928. The van der Waals surface area contributed by atoms with Crippen molar-refractivity contribution in [2.24, 2.45) is 5.92 Å². The third kappa shape index (κ3) is 2.59. The zero-order valence-electron chi connectivity index (χ0n) is 12.4. The largest absolute Gasteiger partial charge is 0.343 e. The Morgan fingerprint density at radius 2 is 2.05 bits per heavy atom. The summed E-state index contributed by atoms with van der Waals surface area (Å²) < 4.78 is 0. The number of piperazine rings is 1. The highest BCUT2D eigenvalue weighted by Crippen LogP contribution is 2.31. The highest BCUT2D eigenvalue weighted by Gasteiger charge is 2.43. The maximum absolute atomic E-state index is 12.7. The Bertz CT molecular complexity index is 484. The van der Waals surface area contributed by atoms with Gasteiger partial charge in [0.2, 0.25) is 11.8 Å². The molecule has 1 aliphatic rings. The van der Waals surface area contributed by atoms with Crippen LogP contribution in [0, 0.1) is 5.92 Å². The molecule has 2 rings (SSSR count). The second-order valence-corrected chi connectivity index (χ2v) is 6.57. The van der Waals surface area contributed by atoms with E-state index in [1.54, 1.807) is 16.2 Å². The van der Waals surface area contributed by atoms with Gasteiger partial charge in [0.25, 0.3) is 0 Å². The topological polar surface area (TPSA) is 49.4 Å². The van der Waals surface area contributed by atoms with E-state index in [2.05, 4.69) is 5.32 Å². The highest BCUT2D eigenvalue weighted by atomic mass is 32.1. The fraction of sp³-hybridized carbons (Fsp3) is 0.600. The summed E-state index contributed by atoms with van der Waals surface area (Å²) in [6, 6.07) is 3.16. The normalized spacial score (nSPS) is 24.9. The molecule has 1 aromatic heterocycles. The molecule has 4 nitrogen and oxygen atoms in total. The molecule has 1 saturated heterocycles. The lowest BCUT2D eigenvalue weighted by Gasteiger charge is -2.43. The standard InChI is InChI=1S/C15H22N2O2S/c1-5-11-15(19)17(10(4)12-7-6-8-20-12)13(9(2)3)14(18)16-11/h6-11,13H,5H2,1-4H3,(H,16,18). The summed E-state index contributed by atoms with van der Waals surface area (Å²) in [6.45, 7) is 7.90. The molecule has 1 aromatic rings. The van der Waals surface area contributed by atoms with Crippen molar-refractivity contribution in [2.75, 3.05) is 0 Å². The predicted octanol–water partition coefficient (Wildman–Crippen LogP) is 2.57. The van der Waals surface area contributed by atoms with Gasteiger partial charge in [-0.3, -0.25) is 9.59 Å². The van der Waals surface area contributed by atoms with E-state index in [1.807, 2.05) is 45.2 Å². The molecule has 5 heteroatoms. The first-order valence-electron chi connectivity index (χ1n) is 7.13. The number of carbonyl (C=O) groups is 2. The van der Waals surface area contributed by atoms with Gasteiger partial charge in [-0.15, -0.1) is 11.3 Å². The maximum atomic E-state index is 12.7. The Labute approximate surface area is 124 Å². The van der Waals surface area contributed by atoms with Crippen LogP contribution in [0.5, 0.6) is 0 Å². The van der Waals surface area contributed by atoms with Crippen molar-refractivity contribution in [3.63, 3.8) is 0 Å². The summed E-state index contributed by atoms with van der Waals surface area (Å²) in [6.07, 6.45) is 0.628. The minimum absolute atomic E-state index is 0.0325. The Hall–Kier alpha value is -1.36. The third-order valence-corrected chi connectivity index (χ3v) is 4.89. The van der Waals surface area contributed by atoms with Crippen LogP contribution in [0.2, 0.25) is 0 Å². The maximum Gasteiger partial charge on any atom is 0.246 e. The average molecular weight is 294 g/mol. The third-order valence-electron chi connectivity index (χ3n) is 3.85. The number of hydrogen-bond donors (Lipinski definition) is 1. The van der Waals surface area contributed by atoms with Crippen LogP contribution in [0.25, 0.3) is 0 Å². The first-order valence-corrected chi connectivity index (χ1v) is 8.01. The van der Waals surface area contributed by atoms with Crippen molar-refractivity contribution < 1.29 is 9.59 Å². The smallest absolute Gasteiger partial charge is 0.246 e. The summed E-state index contributed by atoms with van der Waals surface area (Å²) in [7, 11) is 0. The monoisotopic (exact) mass is 294 g/mol. The van der Waals surface area contributed by atoms with Gasteiger partial charge >= 0.3 is 0 Å². The number of nitrogens with one attached hydrogen (secondary N) is 1. The second-order valence-electron chi connectivity index (χ2n) is 5.60. The van der Waals surface area contributed by atoms with Gasteiger partial charge in [-0.25, -0.2) is 0 Å². The average Bonchev–Trinajstić information content (AvgIpc) is 2.93. The van der Waals surface area contributed by atoms with Crippen molar-refractivity contribution in [3.05, 3.63) is 22.4 Å². The second kappa shape index (κ2) is 5.95. The van der Waals surface area contributed by atoms with Crippen LogP contribution in [-0.2, 0) is 9.59 Å². The predicted molar refractivity (Wildman–Crippen MR) is 80.4 cm³/mol. The van der Waals surface area contributed by atoms with Gasteiger partial charge < -0.3 is 10.2 Å². The van der Waals surface area contributed by atoms with Crippen molar-refractivity contribution in [3.8, 4) is 0 Å². The van der Waals surface area contributed by atoms with Gasteiger partial charge in [-0.1, -0.05) is 26.8 Å². The van der Waals surface area contributed by atoms with Gasteiger partial charge in [0.05, 0.1) is 6.04 Å². The highest BCUT2D eigenvalue weighted by molar-refractivity contribution is 7.10. The van der Waals surface area contributed by atoms with E-state index in [-0.39, 0.29) is 35.9 Å². The van der Waals surface area contributed by atoms with Crippen LogP contribution in [0.15, 0.2) is 17.5 Å². The molecule has 1 fully saturated rings. The van der Waals surface area contributed by atoms with Crippen LogP contribution < -0.4 is 5.32 Å². The first-order chi connectivity index (χ1) is 9.47. The summed E-state index contributed by atoms with van der Waals surface area (Å²) in [5.74, 6) is 0.0979. The summed E-state index contributed by atoms with van der Waals surface area (Å²) in [5.41, 5.74) is 0. The zero-order valence-corrected chi connectivity index (χ0v) is 13.2. The molecule has 20 heavy (non-hydrogen) atoms. The molecule has 0 radical (unpaired) electrons. The van der Waals surface area contributed by atoms with Gasteiger partial charge in [-0.05, 0) is 30.7 Å². The number of nitrogens with zero attached hydrogens (tertiary/aromatic N) is 1. The molecule has 2 amide bonds. The Morgan fingerprint density at radius 3 is 2.55 bits per heavy atom. The van der Waals surface area contributed by atoms with Crippen molar-refractivity contribution in [1.29, 1.82) is 0 Å². The molecule has 0 saturated carbocycles. The lowest BCUT2D eigenvalue weighted by atomic mass is 9.94. The minimum Gasteiger partial charge on any atom is -0.343 e. The van der Waals surface area contributed by atoms with Crippen molar-refractivity contribution in [1.82, 2.24) is 10.2 Å². The molecule has 0 aromatic carbocycles. The molecule has 3 atom stereocenters. The van der Waals surface area contributed by atoms with E-state index in [0.29, 0.717) is 6.42 Å². The van der Waals surface area contributed by atoms with Crippen LogP contribution in [-0.4, -0.2) is 28.8 Å². The SMILES string of the molecule is CCC1NC(=O)C(C(C)C)N(C(C)c2cccs2)C1=O. The van der Waals surface area contributed by atoms with Gasteiger partial charge in [-0.2, -0.15) is 0 Å². The lowest BCUT2D eigenvalue weighted by Crippen LogP contribution is -2.64. The number of hydrogen-bond acceptors (Lipinski definition) is 3. The molecule has 2 heterocycles. The molecule has 1 aliphatic heterocycles. The molecular weight excluding hydrogens is 272 g/mol. The van der Waals surface area contributed by atoms with Gasteiger partial charge in [0.15, 0.2) is 0 Å². The van der Waals surface area contributed by atoms with Crippen LogP contribution in [0.4, 0.5) is 0 Å². The molecule has 1 N–H and O–H groups in total. The minimum atomic E-state index is -0.389. The zero-order chi connectivity index (χ0) is 14.9. The lowest BCUT2D eigenvalue weighted by molar-refractivity contribution is -0.154. The fourth-order valence-corrected chi connectivity index (χ4v) is 3.54. The number of amides is 2. The number of carbonyl (C=O) groups excluding carboxylic acids is 2. The first kappa shape index (κ1) is 15.0. The summed E-state index contributed by atoms with van der Waals surface area (Å²) in [5, 5.41) is 4.85. The Balaban J connectivity index is 2.36. The fourth-order valence-electron chi connectivity index (χ4n) is 2.76. The molecule has 110 valence electrons. The number of rotatable bonds is 4. The van der Waals surface area contributed by atoms with E-state index >= 15 is 0 Å². The van der Waals surface area contributed by atoms with Crippen LogP contribution in [0.3, 0.4) is 0 Å². The molecule has 0 aliphatic carbocycles. The molecule has 0 bridgehead atoms. The van der Waals surface area contributed by atoms with Crippen LogP contribution >= 0.6 is 11.3 Å². The molecule has 3 unspecified atom stereocenters.